The van der Waals surface area contributed by atoms with Crippen molar-refractivity contribution in [3.05, 3.63) is 0 Å². The second kappa shape index (κ2) is 4.75. The Balaban J connectivity index is 3.63. The maximum absolute atomic E-state index is 11.0. The Morgan fingerprint density at radius 2 is 2.27 bits per heavy atom. The number of terminal acetylenes is 1. The van der Waals surface area contributed by atoms with Crippen LogP contribution in [0.4, 0.5) is 0 Å². The standard InChI is InChI=1S/C8H14N2O/c1-5-7(2)9-8(11)6-10(3)4/h1,7H,6H2,2-4H3,(H,9,11). The number of likely N-dealkylation sites (N-methyl/N-ethyl adjacent to an activating group) is 1. The lowest BCUT2D eigenvalue weighted by Crippen LogP contribution is -2.37. The van der Waals surface area contributed by atoms with Crippen LogP contribution >= 0.6 is 0 Å². The fourth-order valence-corrected chi connectivity index (χ4v) is 0.616. The molecule has 0 rings (SSSR count). The number of carbonyl (C=O) groups excluding carboxylic acids is 1. The summed E-state index contributed by atoms with van der Waals surface area (Å²) in [5, 5.41) is 2.64. The number of hydrogen-bond donors (Lipinski definition) is 1. The largest absolute Gasteiger partial charge is 0.342 e. The molecule has 0 fully saturated rings. The Hall–Kier alpha value is -1.01. The van der Waals surface area contributed by atoms with E-state index in [1.807, 2.05) is 14.1 Å². The molecule has 1 amide bonds. The summed E-state index contributed by atoms with van der Waals surface area (Å²) in [5.41, 5.74) is 0. The molecule has 0 radical (unpaired) electrons. The Labute approximate surface area is 67.8 Å². The molecule has 0 aliphatic heterocycles. The van der Waals surface area contributed by atoms with Gasteiger partial charge in [-0.05, 0) is 21.0 Å². The van der Waals surface area contributed by atoms with Gasteiger partial charge in [-0.25, -0.2) is 0 Å². The molecule has 0 aliphatic rings. The van der Waals surface area contributed by atoms with Crippen molar-refractivity contribution in [1.82, 2.24) is 10.2 Å². The lowest BCUT2D eigenvalue weighted by molar-refractivity contribution is -0.121. The summed E-state index contributed by atoms with van der Waals surface area (Å²) < 4.78 is 0. The van der Waals surface area contributed by atoms with Gasteiger partial charge in [0.15, 0.2) is 0 Å². The normalized spacial score (nSPS) is 12.3. The zero-order valence-electron chi connectivity index (χ0n) is 7.22. The van der Waals surface area contributed by atoms with Gasteiger partial charge in [0, 0.05) is 0 Å². The van der Waals surface area contributed by atoms with E-state index in [1.165, 1.54) is 0 Å². The summed E-state index contributed by atoms with van der Waals surface area (Å²) in [6.45, 7) is 2.15. The van der Waals surface area contributed by atoms with Crippen molar-refractivity contribution in [2.75, 3.05) is 20.6 Å². The number of rotatable bonds is 3. The van der Waals surface area contributed by atoms with Gasteiger partial charge in [-0.3, -0.25) is 4.79 Å². The minimum absolute atomic E-state index is 0.0412. The third-order valence-electron chi connectivity index (χ3n) is 1.09. The van der Waals surface area contributed by atoms with Gasteiger partial charge in [-0.1, -0.05) is 5.92 Å². The first-order valence-corrected chi connectivity index (χ1v) is 3.46. The third kappa shape index (κ3) is 5.43. The van der Waals surface area contributed by atoms with Crippen LogP contribution in [0.5, 0.6) is 0 Å². The second-order valence-corrected chi connectivity index (χ2v) is 2.69. The first kappa shape index (κ1) is 9.99. The zero-order valence-corrected chi connectivity index (χ0v) is 7.22. The van der Waals surface area contributed by atoms with E-state index in [2.05, 4.69) is 11.2 Å². The quantitative estimate of drug-likeness (QED) is 0.565. The van der Waals surface area contributed by atoms with Crippen molar-refractivity contribution < 1.29 is 4.79 Å². The Kier molecular flexibility index (Phi) is 4.32. The van der Waals surface area contributed by atoms with Gasteiger partial charge in [0.05, 0.1) is 12.6 Å². The molecule has 1 unspecified atom stereocenters. The highest BCUT2D eigenvalue weighted by molar-refractivity contribution is 5.78. The molecule has 0 heterocycles. The molecule has 1 atom stereocenters. The predicted octanol–water partition coefficient (Wildman–Crippen LogP) is -0.314. The average Bonchev–Trinajstić information content (AvgIpc) is 1.85. The lowest BCUT2D eigenvalue weighted by Gasteiger charge is -2.11. The smallest absolute Gasteiger partial charge is 0.235 e. The van der Waals surface area contributed by atoms with Crippen LogP contribution in [-0.4, -0.2) is 37.5 Å². The van der Waals surface area contributed by atoms with Gasteiger partial charge < -0.3 is 10.2 Å². The average molecular weight is 154 g/mol. The van der Waals surface area contributed by atoms with Crippen LogP contribution < -0.4 is 5.32 Å². The van der Waals surface area contributed by atoms with Crippen LogP contribution in [0.15, 0.2) is 0 Å². The summed E-state index contributed by atoms with van der Waals surface area (Å²) >= 11 is 0. The highest BCUT2D eigenvalue weighted by Crippen LogP contribution is 1.79. The molecule has 0 aromatic heterocycles. The van der Waals surface area contributed by atoms with Gasteiger partial charge in [0.1, 0.15) is 0 Å². The molecule has 3 nitrogen and oxygen atoms in total. The number of nitrogens with zero attached hydrogens (tertiary/aromatic N) is 1. The molecule has 0 bridgehead atoms. The number of hydrogen-bond acceptors (Lipinski definition) is 2. The van der Waals surface area contributed by atoms with Crippen LogP contribution in [-0.2, 0) is 4.79 Å². The van der Waals surface area contributed by atoms with Gasteiger partial charge in [-0.15, -0.1) is 6.42 Å². The SMILES string of the molecule is C#CC(C)NC(=O)CN(C)C. The summed E-state index contributed by atoms with van der Waals surface area (Å²) in [6, 6.07) is -0.178. The fraction of sp³-hybridized carbons (Fsp3) is 0.625. The molecule has 0 aromatic rings. The van der Waals surface area contributed by atoms with E-state index in [0.29, 0.717) is 6.54 Å². The van der Waals surface area contributed by atoms with Crippen molar-refractivity contribution in [3.8, 4) is 12.3 Å². The minimum Gasteiger partial charge on any atom is -0.342 e. The highest BCUT2D eigenvalue weighted by Gasteiger charge is 2.04. The van der Waals surface area contributed by atoms with Crippen LogP contribution in [0.1, 0.15) is 6.92 Å². The van der Waals surface area contributed by atoms with Gasteiger partial charge in [-0.2, -0.15) is 0 Å². The highest BCUT2D eigenvalue weighted by atomic mass is 16.2. The van der Waals surface area contributed by atoms with E-state index >= 15 is 0 Å². The molecule has 0 saturated carbocycles. The van der Waals surface area contributed by atoms with E-state index in [1.54, 1.807) is 11.8 Å². The molecule has 3 heteroatoms. The first-order chi connectivity index (χ1) is 5.06. The van der Waals surface area contributed by atoms with Crippen molar-refractivity contribution in [2.45, 2.75) is 13.0 Å². The zero-order chi connectivity index (χ0) is 8.85. The third-order valence-corrected chi connectivity index (χ3v) is 1.09. The van der Waals surface area contributed by atoms with E-state index in [-0.39, 0.29) is 11.9 Å². The predicted molar refractivity (Wildman–Crippen MR) is 45.0 cm³/mol. The summed E-state index contributed by atoms with van der Waals surface area (Å²) in [4.78, 5) is 12.8. The first-order valence-electron chi connectivity index (χ1n) is 3.46. The van der Waals surface area contributed by atoms with Crippen LogP contribution in [0.2, 0.25) is 0 Å². The van der Waals surface area contributed by atoms with Crippen molar-refractivity contribution >= 4 is 5.91 Å². The molecule has 0 spiro atoms. The Bertz CT molecular complexity index is 169. The van der Waals surface area contributed by atoms with E-state index in [9.17, 15) is 4.79 Å². The summed E-state index contributed by atoms with van der Waals surface area (Å²) in [5.74, 6) is 2.38. The summed E-state index contributed by atoms with van der Waals surface area (Å²) in [7, 11) is 3.67. The van der Waals surface area contributed by atoms with Crippen molar-refractivity contribution in [1.29, 1.82) is 0 Å². The lowest BCUT2D eigenvalue weighted by atomic mass is 10.3. The second-order valence-electron chi connectivity index (χ2n) is 2.69. The molecule has 1 N–H and O–H groups in total. The van der Waals surface area contributed by atoms with E-state index in [0.717, 1.165) is 0 Å². The monoisotopic (exact) mass is 154 g/mol. The molecule has 11 heavy (non-hydrogen) atoms. The summed E-state index contributed by atoms with van der Waals surface area (Å²) in [6.07, 6.45) is 5.07. The van der Waals surface area contributed by atoms with Crippen LogP contribution in [0, 0.1) is 12.3 Å². The molecule has 0 saturated heterocycles. The number of amides is 1. The molecule has 0 aliphatic carbocycles. The van der Waals surface area contributed by atoms with E-state index < -0.39 is 0 Å². The van der Waals surface area contributed by atoms with Crippen LogP contribution in [0.3, 0.4) is 0 Å². The van der Waals surface area contributed by atoms with Crippen LogP contribution in [0.25, 0.3) is 0 Å². The maximum Gasteiger partial charge on any atom is 0.235 e. The molecular formula is C8H14N2O. The van der Waals surface area contributed by atoms with Gasteiger partial charge >= 0.3 is 0 Å². The molecule has 62 valence electrons. The van der Waals surface area contributed by atoms with E-state index in [4.69, 9.17) is 6.42 Å². The molecular weight excluding hydrogens is 140 g/mol. The number of carbonyl (C=O) groups is 1. The van der Waals surface area contributed by atoms with Crippen molar-refractivity contribution in [2.24, 2.45) is 0 Å². The Morgan fingerprint density at radius 1 is 1.73 bits per heavy atom. The maximum atomic E-state index is 11.0. The Morgan fingerprint density at radius 3 is 2.64 bits per heavy atom. The van der Waals surface area contributed by atoms with Gasteiger partial charge in [0.25, 0.3) is 0 Å². The fourth-order valence-electron chi connectivity index (χ4n) is 0.616. The minimum atomic E-state index is -0.178. The topological polar surface area (TPSA) is 32.3 Å². The number of nitrogens with one attached hydrogen (secondary N) is 1. The van der Waals surface area contributed by atoms with Crippen molar-refractivity contribution in [3.63, 3.8) is 0 Å². The van der Waals surface area contributed by atoms with Gasteiger partial charge in [0.2, 0.25) is 5.91 Å². The molecule has 0 aromatic carbocycles.